The van der Waals surface area contributed by atoms with Gasteiger partial charge >= 0.3 is 0 Å². The zero-order valence-corrected chi connectivity index (χ0v) is 15.3. The second kappa shape index (κ2) is 7.20. The second-order valence-corrected chi connectivity index (χ2v) is 7.86. The van der Waals surface area contributed by atoms with Crippen molar-refractivity contribution < 1.29 is 18.1 Å². The van der Waals surface area contributed by atoms with Crippen LogP contribution in [0.25, 0.3) is 10.9 Å². The molecule has 8 nitrogen and oxygen atoms in total. The number of non-ortho nitro benzene ring substituents is 1. The van der Waals surface area contributed by atoms with Crippen molar-refractivity contribution in [1.29, 1.82) is 0 Å². The molecule has 0 radical (unpaired) electrons. The molecular formula is C18H17N3O5S. The molecular weight excluding hydrogens is 370 g/mol. The molecule has 1 amide bonds. The largest absolute Gasteiger partial charge is 0.335 e. The number of amides is 1. The summed E-state index contributed by atoms with van der Waals surface area (Å²) in [6.07, 6.45) is 0. The van der Waals surface area contributed by atoms with E-state index in [1.54, 1.807) is 4.57 Å². The molecule has 1 aromatic heterocycles. The number of aryl methyl sites for hydroxylation is 1. The van der Waals surface area contributed by atoms with Gasteiger partial charge in [0.25, 0.3) is 11.6 Å². The first-order valence-corrected chi connectivity index (χ1v) is 9.72. The molecule has 0 unspecified atom stereocenters. The van der Waals surface area contributed by atoms with Gasteiger partial charge in [0.2, 0.25) is 10.0 Å². The monoisotopic (exact) mass is 387 g/mol. The molecule has 0 saturated heterocycles. The van der Waals surface area contributed by atoms with Crippen LogP contribution < -0.4 is 4.72 Å². The number of aromatic nitrogens is 1. The first-order chi connectivity index (χ1) is 12.7. The summed E-state index contributed by atoms with van der Waals surface area (Å²) in [5.41, 5.74) is 1.91. The number of carbonyl (C=O) groups excluding carboxylic acids is 1. The smallest absolute Gasteiger partial charge is 0.269 e. The van der Waals surface area contributed by atoms with Crippen molar-refractivity contribution in [2.75, 3.05) is 0 Å². The van der Waals surface area contributed by atoms with Gasteiger partial charge in [-0.15, -0.1) is 0 Å². The number of nitrogens with zero attached hydrogens (tertiary/aromatic N) is 2. The van der Waals surface area contributed by atoms with Crippen LogP contribution in [0, 0.1) is 17.0 Å². The van der Waals surface area contributed by atoms with E-state index in [0.717, 1.165) is 16.6 Å². The number of benzene rings is 2. The predicted molar refractivity (Wildman–Crippen MR) is 101 cm³/mol. The third-order valence-electron chi connectivity index (χ3n) is 4.09. The SMILES string of the molecule is Cc1cc2ccccc2n1CC(=O)NS(=O)(=O)Cc1ccc([N+](=O)[O-])cc1. The van der Waals surface area contributed by atoms with Gasteiger partial charge in [-0.1, -0.05) is 30.3 Å². The lowest BCUT2D eigenvalue weighted by molar-refractivity contribution is -0.384. The number of rotatable bonds is 6. The van der Waals surface area contributed by atoms with Crippen LogP contribution in [-0.4, -0.2) is 23.8 Å². The molecule has 3 rings (SSSR count). The van der Waals surface area contributed by atoms with Crippen molar-refractivity contribution >= 4 is 32.5 Å². The fourth-order valence-electron chi connectivity index (χ4n) is 2.88. The van der Waals surface area contributed by atoms with Crippen LogP contribution in [0.3, 0.4) is 0 Å². The highest BCUT2D eigenvalue weighted by molar-refractivity contribution is 7.89. The molecule has 0 saturated carbocycles. The standard InChI is InChI=1S/C18H17N3O5S/c1-13-10-15-4-2-3-5-17(15)20(13)11-18(22)19-27(25,26)12-14-6-8-16(9-7-14)21(23)24/h2-10H,11-12H2,1H3,(H,19,22). The minimum Gasteiger partial charge on any atom is -0.335 e. The summed E-state index contributed by atoms with van der Waals surface area (Å²) < 4.78 is 28.3. The number of sulfonamides is 1. The maximum Gasteiger partial charge on any atom is 0.269 e. The van der Waals surface area contributed by atoms with E-state index in [2.05, 4.69) is 4.72 Å². The van der Waals surface area contributed by atoms with Gasteiger partial charge in [-0.3, -0.25) is 19.6 Å². The molecule has 0 bridgehead atoms. The molecule has 0 aliphatic carbocycles. The summed E-state index contributed by atoms with van der Waals surface area (Å²) >= 11 is 0. The molecule has 140 valence electrons. The Balaban J connectivity index is 1.70. The van der Waals surface area contributed by atoms with E-state index >= 15 is 0 Å². The summed E-state index contributed by atoms with van der Waals surface area (Å²) in [6.45, 7) is 1.72. The van der Waals surface area contributed by atoms with Crippen molar-refractivity contribution in [1.82, 2.24) is 9.29 Å². The Hall–Kier alpha value is -3.20. The summed E-state index contributed by atoms with van der Waals surface area (Å²) in [5, 5.41) is 11.6. The zero-order valence-electron chi connectivity index (χ0n) is 14.5. The van der Waals surface area contributed by atoms with Crippen LogP contribution in [0.2, 0.25) is 0 Å². The highest BCUT2D eigenvalue weighted by atomic mass is 32.2. The number of fused-ring (bicyclic) bond motifs is 1. The molecule has 0 fully saturated rings. The van der Waals surface area contributed by atoms with Gasteiger partial charge in [0.15, 0.2) is 0 Å². The third-order valence-corrected chi connectivity index (χ3v) is 5.34. The highest BCUT2D eigenvalue weighted by Gasteiger charge is 2.18. The topological polar surface area (TPSA) is 111 Å². The normalized spacial score (nSPS) is 11.4. The molecule has 1 N–H and O–H groups in total. The first-order valence-electron chi connectivity index (χ1n) is 8.07. The van der Waals surface area contributed by atoms with Crippen molar-refractivity contribution in [3.05, 3.63) is 76.0 Å². The number of nitrogens with one attached hydrogen (secondary N) is 1. The Labute approximate surface area is 155 Å². The minimum absolute atomic E-state index is 0.126. The predicted octanol–water partition coefficient (Wildman–Crippen LogP) is 2.50. The van der Waals surface area contributed by atoms with E-state index in [-0.39, 0.29) is 12.2 Å². The molecule has 0 aliphatic rings. The lowest BCUT2D eigenvalue weighted by Gasteiger charge is -2.10. The number of para-hydroxylation sites is 1. The Morgan fingerprint density at radius 1 is 1.15 bits per heavy atom. The van der Waals surface area contributed by atoms with Gasteiger partial charge in [0.05, 0.1) is 10.7 Å². The molecule has 0 aliphatic heterocycles. The van der Waals surface area contributed by atoms with Gasteiger partial charge in [-0.2, -0.15) is 0 Å². The van der Waals surface area contributed by atoms with Gasteiger partial charge < -0.3 is 4.57 Å². The fourth-order valence-corrected chi connectivity index (χ4v) is 3.99. The van der Waals surface area contributed by atoms with Crippen LogP contribution in [-0.2, 0) is 27.1 Å². The maximum atomic E-state index is 12.3. The fraction of sp³-hybridized carbons (Fsp3) is 0.167. The van der Waals surface area contributed by atoms with E-state index in [1.807, 2.05) is 37.3 Å². The minimum atomic E-state index is -3.92. The molecule has 3 aromatic rings. The molecule has 1 heterocycles. The summed E-state index contributed by atoms with van der Waals surface area (Å²) in [4.78, 5) is 22.3. The Morgan fingerprint density at radius 2 is 1.81 bits per heavy atom. The van der Waals surface area contributed by atoms with E-state index in [1.165, 1.54) is 24.3 Å². The van der Waals surface area contributed by atoms with Crippen molar-refractivity contribution in [2.45, 2.75) is 19.2 Å². The summed E-state index contributed by atoms with van der Waals surface area (Å²) in [5.74, 6) is -1.09. The lowest BCUT2D eigenvalue weighted by Crippen LogP contribution is -2.34. The van der Waals surface area contributed by atoms with E-state index in [9.17, 15) is 23.3 Å². The number of nitro benzene ring substituents is 1. The number of nitro groups is 1. The number of hydrogen-bond acceptors (Lipinski definition) is 5. The molecule has 9 heteroatoms. The number of hydrogen-bond donors (Lipinski definition) is 1. The quantitative estimate of drug-likeness (QED) is 0.516. The lowest BCUT2D eigenvalue weighted by atomic mass is 10.2. The molecule has 0 spiro atoms. The van der Waals surface area contributed by atoms with Gasteiger partial charge in [-0.05, 0) is 30.0 Å². The van der Waals surface area contributed by atoms with Crippen molar-refractivity contribution in [2.24, 2.45) is 0 Å². The molecule has 0 atom stereocenters. The van der Waals surface area contributed by atoms with Crippen molar-refractivity contribution in [3.63, 3.8) is 0 Å². The van der Waals surface area contributed by atoms with E-state index in [4.69, 9.17) is 0 Å². The zero-order chi connectivity index (χ0) is 19.6. The van der Waals surface area contributed by atoms with E-state index < -0.39 is 26.6 Å². The molecule has 27 heavy (non-hydrogen) atoms. The van der Waals surface area contributed by atoms with Crippen LogP contribution >= 0.6 is 0 Å². The molecule has 2 aromatic carbocycles. The second-order valence-electron chi connectivity index (χ2n) is 6.14. The summed E-state index contributed by atoms with van der Waals surface area (Å²) in [6, 6.07) is 14.6. The maximum absolute atomic E-state index is 12.3. The van der Waals surface area contributed by atoms with Crippen LogP contribution in [0.4, 0.5) is 5.69 Å². The van der Waals surface area contributed by atoms with Gasteiger partial charge in [0.1, 0.15) is 6.54 Å². The highest BCUT2D eigenvalue weighted by Crippen LogP contribution is 2.19. The third kappa shape index (κ3) is 4.32. The van der Waals surface area contributed by atoms with Gasteiger partial charge in [0, 0.05) is 23.3 Å². The Bertz CT molecular complexity index is 1120. The van der Waals surface area contributed by atoms with Crippen LogP contribution in [0.1, 0.15) is 11.3 Å². The average molecular weight is 387 g/mol. The Kier molecular flexibility index (Phi) is 4.95. The van der Waals surface area contributed by atoms with Gasteiger partial charge in [-0.25, -0.2) is 8.42 Å². The van der Waals surface area contributed by atoms with Crippen molar-refractivity contribution in [3.8, 4) is 0 Å². The Morgan fingerprint density at radius 3 is 2.48 bits per heavy atom. The average Bonchev–Trinajstić information content (AvgIpc) is 2.90. The van der Waals surface area contributed by atoms with E-state index in [0.29, 0.717) is 5.56 Å². The van der Waals surface area contributed by atoms with Crippen LogP contribution in [0.15, 0.2) is 54.6 Å². The van der Waals surface area contributed by atoms with Crippen LogP contribution in [0.5, 0.6) is 0 Å². The number of carbonyl (C=O) groups is 1. The first kappa shape index (κ1) is 18.6. The summed E-state index contributed by atoms with van der Waals surface area (Å²) in [7, 11) is -3.92.